The van der Waals surface area contributed by atoms with Gasteiger partial charge in [0.1, 0.15) is 0 Å². The first-order valence-corrected chi connectivity index (χ1v) is 10.8. The van der Waals surface area contributed by atoms with Crippen molar-refractivity contribution in [3.63, 3.8) is 0 Å². The van der Waals surface area contributed by atoms with Crippen molar-refractivity contribution in [3.8, 4) is 0 Å². The summed E-state index contributed by atoms with van der Waals surface area (Å²) in [5.74, 6) is -2.35. The summed E-state index contributed by atoms with van der Waals surface area (Å²) in [6.07, 6.45) is 0. The number of hydrogen-bond donors (Lipinski definition) is 1. The number of nitrogens with zero attached hydrogens (tertiary/aromatic N) is 1. The van der Waals surface area contributed by atoms with E-state index in [0.29, 0.717) is 9.79 Å². The van der Waals surface area contributed by atoms with Gasteiger partial charge in [0.15, 0.2) is 0 Å². The Morgan fingerprint density at radius 2 is 1.14 bits per heavy atom. The lowest BCUT2D eigenvalue weighted by Crippen LogP contribution is -2.47. The fourth-order valence-electron chi connectivity index (χ4n) is 2.91. The molecule has 2 aromatic rings. The quantitative estimate of drug-likeness (QED) is 0.664. The molecule has 6 nitrogen and oxygen atoms in total. The summed E-state index contributed by atoms with van der Waals surface area (Å²) in [5, 5.41) is 19.4. The van der Waals surface area contributed by atoms with Crippen LogP contribution in [0.2, 0.25) is 0 Å². The Labute approximate surface area is 174 Å². The molecule has 29 heavy (non-hydrogen) atoms. The zero-order valence-corrected chi connectivity index (χ0v) is 18.2. The predicted octanol–water partition coefficient (Wildman–Crippen LogP) is 2.80. The average molecular weight is 420 g/mol. The fraction of sp³-hybridized carbons (Fsp3) is 0.364. The van der Waals surface area contributed by atoms with Gasteiger partial charge >= 0.3 is 5.97 Å². The van der Waals surface area contributed by atoms with Gasteiger partial charge in [0, 0.05) is 9.79 Å². The number of carbonyl (C=O) groups is 2. The molecule has 0 saturated carbocycles. The maximum atomic E-state index is 12.2. The van der Waals surface area contributed by atoms with E-state index in [1.54, 1.807) is 0 Å². The van der Waals surface area contributed by atoms with Gasteiger partial charge in [-0.15, -0.1) is 0 Å². The molecule has 0 bridgehead atoms. The van der Waals surface area contributed by atoms with Gasteiger partial charge in [-0.2, -0.15) is 0 Å². The van der Waals surface area contributed by atoms with Gasteiger partial charge < -0.3 is 19.5 Å². The van der Waals surface area contributed by atoms with Crippen molar-refractivity contribution in [1.82, 2.24) is 0 Å². The first-order valence-electron chi connectivity index (χ1n) is 9.65. The Bertz CT molecular complexity index is 750. The minimum atomic E-state index is -1.50. The van der Waals surface area contributed by atoms with Crippen LogP contribution in [0, 0.1) is 0 Å². The molecular formula is C22H29NO5S. The van der Waals surface area contributed by atoms with Crippen molar-refractivity contribution in [3.05, 3.63) is 59.7 Å². The van der Waals surface area contributed by atoms with Gasteiger partial charge in [-0.1, -0.05) is 12.1 Å². The molecule has 0 aromatic heterocycles. The van der Waals surface area contributed by atoms with Crippen molar-refractivity contribution < 1.29 is 28.5 Å². The Morgan fingerprint density at radius 1 is 0.793 bits per heavy atom. The van der Waals surface area contributed by atoms with Crippen molar-refractivity contribution >= 4 is 22.7 Å². The standard InChI is InChI=1S/C14H10O5S.C8H20N/c15-13(16)9-1-5-11(6-2-9)20(19)12-7-3-10(4-8-12)14(17)18;1-5-9(6-2,7-3)8-4/h1-8H,(H,15,16)(H,17,18);5-8H2,1-4H3/q;+1/p-1. The number of quaternary nitrogens is 1. The van der Waals surface area contributed by atoms with Gasteiger partial charge in [-0.05, 0) is 69.7 Å². The maximum absolute atomic E-state index is 12.2. The second-order valence-electron chi connectivity index (χ2n) is 6.52. The number of carboxylic acids is 2. The summed E-state index contributed by atoms with van der Waals surface area (Å²) in [6, 6.07) is 11.2. The van der Waals surface area contributed by atoms with Crippen molar-refractivity contribution in [2.75, 3.05) is 26.2 Å². The van der Waals surface area contributed by atoms with Gasteiger partial charge in [0.2, 0.25) is 0 Å². The molecular weight excluding hydrogens is 390 g/mol. The van der Waals surface area contributed by atoms with Crippen LogP contribution >= 0.6 is 0 Å². The molecule has 0 aliphatic rings. The molecule has 0 saturated heterocycles. The van der Waals surface area contributed by atoms with Crippen LogP contribution in [0.3, 0.4) is 0 Å². The average Bonchev–Trinajstić information content (AvgIpc) is 2.76. The zero-order valence-electron chi connectivity index (χ0n) is 17.4. The number of carboxylic acid groups (broad SMARTS) is 2. The summed E-state index contributed by atoms with van der Waals surface area (Å²) in [5.41, 5.74) is 0.116. The molecule has 0 fully saturated rings. The molecule has 0 aliphatic heterocycles. The summed E-state index contributed by atoms with van der Waals surface area (Å²) < 4.78 is 13.5. The van der Waals surface area contributed by atoms with E-state index < -0.39 is 22.7 Å². The van der Waals surface area contributed by atoms with E-state index in [1.165, 1.54) is 79.2 Å². The van der Waals surface area contributed by atoms with E-state index in [4.69, 9.17) is 5.11 Å². The third-order valence-corrected chi connectivity index (χ3v) is 6.70. The molecule has 0 spiro atoms. The number of rotatable bonds is 8. The molecule has 0 aliphatic carbocycles. The highest BCUT2D eigenvalue weighted by Gasteiger charge is 2.16. The number of hydrogen-bond acceptors (Lipinski definition) is 4. The lowest BCUT2D eigenvalue weighted by Gasteiger charge is -2.34. The smallest absolute Gasteiger partial charge is 0.335 e. The van der Waals surface area contributed by atoms with Crippen LogP contribution in [-0.2, 0) is 10.8 Å². The molecule has 2 rings (SSSR count). The summed E-state index contributed by atoms with van der Waals surface area (Å²) in [6.45, 7) is 14.2. The number of carbonyl (C=O) groups excluding carboxylic acids is 1. The molecule has 1 atom stereocenters. The highest BCUT2D eigenvalue weighted by Crippen LogP contribution is 2.17. The summed E-state index contributed by atoms with van der Waals surface area (Å²) in [4.78, 5) is 22.2. The monoisotopic (exact) mass is 419 g/mol. The fourth-order valence-corrected chi connectivity index (χ4v) is 3.95. The second kappa shape index (κ2) is 11.5. The van der Waals surface area contributed by atoms with E-state index in [9.17, 15) is 18.9 Å². The van der Waals surface area contributed by atoms with Crippen molar-refractivity contribution in [1.29, 1.82) is 0 Å². The Balaban J connectivity index is 0.000000396. The third kappa shape index (κ3) is 6.80. The molecule has 1 unspecified atom stereocenters. The van der Waals surface area contributed by atoms with Gasteiger partial charge in [0.25, 0.3) is 0 Å². The van der Waals surface area contributed by atoms with Crippen LogP contribution in [0.1, 0.15) is 48.4 Å². The largest absolute Gasteiger partial charge is 0.545 e. The van der Waals surface area contributed by atoms with Crippen LogP contribution in [-0.4, -0.2) is 51.9 Å². The first-order chi connectivity index (χ1) is 13.7. The van der Waals surface area contributed by atoms with Gasteiger partial charge in [0.05, 0.1) is 48.5 Å². The normalized spacial score (nSPS) is 11.9. The lowest BCUT2D eigenvalue weighted by molar-refractivity contribution is -0.921. The molecule has 0 radical (unpaired) electrons. The minimum Gasteiger partial charge on any atom is -0.545 e. The zero-order chi connectivity index (χ0) is 22.0. The Morgan fingerprint density at radius 3 is 1.38 bits per heavy atom. The second-order valence-corrected chi connectivity index (χ2v) is 8.00. The van der Waals surface area contributed by atoms with Crippen LogP contribution < -0.4 is 5.11 Å². The topological polar surface area (TPSA) is 94.5 Å². The molecule has 7 heteroatoms. The Kier molecular flexibility index (Phi) is 9.71. The van der Waals surface area contributed by atoms with E-state index in [2.05, 4.69) is 27.7 Å². The maximum Gasteiger partial charge on any atom is 0.335 e. The van der Waals surface area contributed by atoms with Crippen molar-refractivity contribution in [2.45, 2.75) is 37.5 Å². The summed E-state index contributed by atoms with van der Waals surface area (Å²) in [7, 11) is -1.50. The van der Waals surface area contributed by atoms with E-state index in [0.717, 1.165) is 0 Å². The minimum absolute atomic E-state index is 0.00646. The van der Waals surface area contributed by atoms with E-state index in [-0.39, 0.29) is 11.1 Å². The first kappa shape index (κ1) is 24.5. The third-order valence-electron chi connectivity index (χ3n) is 5.30. The van der Waals surface area contributed by atoms with Crippen LogP contribution in [0.4, 0.5) is 0 Å². The van der Waals surface area contributed by atoms with E-state index in [1.807, 2.05) is 0 Å². The highest BCUT2D eigenvalue weighted by atomic mass is 32.2. The van der Waals surface area contributed by atoms with Gasteiger partial charge in [-0.3, -0.25) is 0 Å². The molecule has 2 aromatic carbocycles. The van der Waals surface area contributed by atoms with E-state index >= 15 is 0 Å². The molecule has 158 valence electrons. The SMILES string of the molecule is CC[N+](CC)(CC)CC.O=C([O-])c1ccc(S(=O)c2ccc(C(=O)O)cc2)cc1. The number of benzene rings is 2. The van der Waals surface area contributed by atoms with Crippen LogP contribution in [0.15, 0.2) is 58.3 Å². The van der Waals surface area contributed by atoms with Gasteiger partial charge in [-0.25, -0.2) is 9.00 Å². The lowest BCUT2D eigenvalue weighted by atomic mass is 10.2. The Hall–Kier alpha value is -2.51. The predicted molar refractivity (Wildman–Crippen MR) is 111 cm³/mol. The molecule has 0 heterocycles. The number of aromatic carboxylic acids is 2. The summed E-state index contributed by atoms with van der Waals surface area (Å²) >= 11 is 0. The molecule has 0 amide bonds. The highest BCUT2D eigenvalue weighted by molar-refractivity contribution is 7.85. The van der Waals surface area contributed by atoms with Crippen LogP contribution in [0.5, 0.6) is 0 Å². The van der Waals surface area contributed by atoms with Crippen molar-refractivity contribution in [2.24, 2.45) is 0 Å². The molecule has 1 N–H and O–H groups in total. The van der Waals surface area contributed by atoms with Crippen LogP contribution in [0.25, 0.3) is 0 Å².